The van der Waals surface area contributed by atoms with Gasteiger partial charge in [-0.1, -0.05) is 33.0 Å². The van der Waals surface area contributed by atoms with Crippen LogP contribution >= 0.6 is 12.2 Å². The minimum absolute atomic E-state index is 0.0613. The maximum absolute atomic E-state index is 11.5. The van der Waals surface area contributed by atoms with Gasteiger partial charge in [0.2, 0.25) is 5.91 Å². The Bertz CT molecular complexity index is 202. The Labute approximate surface area is 85.1 Å². The van der Waals surface area contributed by atoms with Crippen molar-refractivity contribution >= 4 is 23.1 Å². The largest absolute Gasteiger partial charge is 0.393 e. The molecule has 0 unspecified atom stereocenters. The van der Waals surface area contributed by atoms with Gasteiger partial charge in [-0.3, -0.25) is 4.79 Å². The highest BCUT2D eigenvalue weighted by Crippen LogP contribution is 2.19. The van der Waals surface area contributed by atoms with Crippen molar-refractivity contribution < 1.29 is 4.79 Å². The van der Waals surface area contributed by atoms with Gasteiger partial charge in [0.25, 0.3) is 0 Å². The molecule has 0 aliphatic rings. The lowest BCUT2D eigenvalue weighted by molar-refractivity contribution is -0.129. The maximum atomic E-state index is 11.5. The van der Waals surface area contributed by atoms with Gasteiger partial charge >= 0.3 is 0 Å². The van der Waals surface area contributed by atoms with E-state index in [-0.39, 0.29) is 11.3 Å². The Morgan fingerprint density at radius 1 is 1.54 bits per heavy atom. The van der Waals surface area contributed by atoms with Crippen molar-refractivity contribution in [2.45, 2.75) is 33.6 Å². The Kier molecular flexibility index (Phi) is 4.91. The second-order valence-corrected chi connectivity index (χ2v) is 4.23. The summed E-state index contributed by atoms with van der Waals surface area (Å²) < 4.78 is 0. The molecular formula is C9H18N2OS. The second kappa shape index (κ2) is 5.17. The van der Waals surface area contributed by atoms with Crippen molar-refractivity contribution in [3.05, 3.63) is 0 Å². The van der Waals surface area contributed by atoms with Crippen LogP contribution in [0.2, 0.25) is 0 Å². The van der Waals surface area contributed by atoms with Gasteiger partial charge in [-0.05, 0) is 6.42 Å². The number of carbonyl (C=O) groups excluding carboxylic acids is 1. The molecule has 0 aliphatic heterocycles. The molecule has 3 N–H and O–H groups in total. The van der Waals surface area contributed by atoms with E-state index >= 15 is 0 Å². The molecular weight excluding hydrogens is 184 g/mol. The van der Waals surface area contributed by atoms with E-state index in [1.807, 2.05) is 20.8 Å². The lowest BCUT2D eigenvalue weighted by Gasteiger charge is -2.21. The van der Waals surface area contributed by atoms with Crippen LogP contribution in [0.1, 0.15) is 33.6 Å². The fraction of sp³-hybridized carbons (Fsp3) is 0.778. The van der Waals surface area contributed by atoms with Crippen LogP contribution in [0.15, 0.2) is 0 Å². The van der Waals surface area contributed by atoms with Crippen molar-refractivity contribution in [2.75, 3.05) is 6.54 Å². The molecule has 0 aromatic rings. The molecule has 13 heavy (non-hydrogen) atoms. The minimum Gasteiger partial charge on any atom is -0.393 e. The molecule has 1 amide bonds. The molecule has 4 heteroatoms. The normalized spacial score (nSPS) is 11.0. The molecule has 0 bridgehead atoms. The third kappa shape index (κ3) is 4.83. The van der Waals surface area contributed by atoms with E-state index in [4.69, 9.17) is 18.0 Å². The molecule has 3 nitrogen and oxygen atoms in total. The molecule has 0 rings (SSSR count). The smallest absolute Gasteiger partial charge is 0.225 e. The molecule has 0 atom stereocenters. The number of hydrogen-bond donors (Lipinski definition) is 2. The van der Waals surface area contributed by atoms with E-state index in [0.717, 1.165) is 6.42 Å². The molecule has 0 spiro atoms. The first-order valence-electron chi connectivity index (χ1n) is 4.46. The molecule has 76 valence electrons. The van der Waals surface area contributed by atoms with Gasteiger partial charge in [-0.15, -0.1) is 0 Å². The van der Waals surface area contributed by atoms with Gasteiger partial charge in [0.1, 0.15) is 0 Å². The monoisotopic (exact) mass is 202 g/mol. The van der Waals surface area contributed by atoms with Crippen molar-refractivity contribution in [3.63, 3.8) is 0 Å². The molecule has 0 aromatic carbocycles. The zero-order valence-corrected chi connectivity index (χ0v) is 9.33. The third-order valence-electron chi connectivity index (χ3n) is 2.16. The van der Waals surface area contributed by atoms with Crippen molar-refractivity contribution in [3.8, 4) is 0 Å². The SMILES string of the molecule is CCC(C)(C)C(=O)NCCC(N)=S. The van der Waals surface area contributed by atoms with Crippen LogP contribution in [-0.4, -0.2) is 17.4 Å². The fourth-order valence-corrected chi connectivity index (χ4v) is 0.801. The number of rotatable bonds is 5. The van der Waals surface area contributed by atoms with Crippen LogP contribution < -0.4 is 11.1 Å². The van der Waals surface area contributed by atoms with Crippen LogP contribution in [0.25, 0.3) is 0 Å². The van der Waals surface area contributed by atoms with Gasteiger partial charge in [-0.2, -0.15) is 0 Å². The topological polar surface area (TPSA) is 55.1 Å². The Morgan fingerprint density at radius 3 is 2.46 bits per heavy atom. The average molecular weight is 202 g/mol. The van der Waals surface area contributed by atoms with Crippen molar-refractivity contribution in [1.82, 2.24) is 5.32 Å². The Balaban J connectivity index is 3.81. The van der Waals surface area contributed by atoms with E-state index in [1.54, 1.807) is 0 Å². The van der Waals surface area contributed by atoms with Crippen LogP contribution in [0.4, 0.5) is 0 Å². The minimum atomic E-state index is -0.295. The molecule has 0 aromatic heterocycles. The lowest BCUT2D eigenvalue weighted by Crippen LogP contribution is -2.37. The molecule has 0 radical (unpaired) electrons. The Morgan fingerprint density at radius 2 is 2.08 bits per heavy atom. The quantitative estimate of drug-likeness (QED) is 0.659. The van der Waals surface area contributed by atoms with Gasteiger partial charge in [0, 0.05) is 18.4 Å². The van der Waals surface area contributed by atoms with Gasteiger partial charge < -0.3 is 11.1 Å². The number of hydrogen-bond acceptors (Lipinski definition) is 2. The van der Waals surface area contributed by atoms with E-state index in [9.17, 15) is 4.79 Å². The number of thiocarbonyl (C=S) groups is 1. The summed E-state index contributed by atoms with van der Waals surface area (Å²) in [4.78, 5) is 11.9. The summed E-state index contributed by atoms with van der Waals surface area (Å²) in [7, 11) is 0. The summed E-state index contributed by atoms with van der Waals surface area (Å²) >= 11 is 4.70. The van der Waals surface area contributed by atoms with E-state index in [1.165, 1.54) is 0 Å². The van der Waals surface area contributed by atoms with Gasteiger partial charge in [0.15, 0.2) is 0 Å². The number of amides is 1. The first-order chi connectivity index (χ1) is 5.90. The first kappa shape index (κ1) is 12.4. The standard InChI is InChI=1S/C9H18N2OS/c1-4-9(2,3)8(12)11-6-5-7(10)13/h4-6H2,1-3H3,(H2,10,13)(H,11,12). The van der Waals surface area contributed by atoms with E-state index in [2.05, 4.69) is 5.32 Å². The maximum Gasteiger partial charge on any atom is 0.225 e. The molecule has 0 aliphatic carbocycles. The highest BCUT2D eigenvalue weighted by Gasteiger charge is 2.24. The zero-order chi connectivity index (χ0) is 10.5. The molecule has 0 heterocycles. The fourth-order valence-electron chi connectivity index (χ4n) is 0.699. The van der Waals surface area contributed by atoms with Crippen molar-refractivity contribution in [2.24, 2.45) is 11.1 Å². The summed E-state index contributed by atoms with van der Waals surface area (Å²) in [6.07, 6.45) is 1.40. The predicted molar refractivity (Wildman–Crippen MR) is 58.5 cm³/mol. The summed E-state index contributed by atoms with van der Waals surface area (Å²) in [6, 6.07) is 0. The Hall–Kier alpha value is -0.640. The summed E-state index contributed by atoms with van der Waals surface area (Å²) in [5.41, 5.74) is 5.00. The number of carbonyl (C=O) groups is 1. The predicted octanol–water partition coefficient (Wildman–Crippen LogP) is 1.22. The molecule has 0 saturated heterocycles. The highest BCUT2D eigenvalue weighted by atomic mass is 32.1. The van der Waals surface area contributed by atoms with Crippen LogP contribution in [-0.2, 0) is 4.79 Å². The number of nitrogens with two attached hydrogens (primary N) is 1. The van der Waals surface area contributed by atoms with E-state index in [0.29, 0.717) is 18.0 Å². The van der Waals surface area contributed by atoms with Crippen molar-refractivity contribution in [1.29, 1.82) is 0 Å². The molecule has 0 saturated carbocycles. The summed E-state index contributed by atoms with van der Waals surface area (Å²) in [5, 5.41) is 2.80. The van der Waals surface area contributed by atoms with Crippen LogP contribution in [0, 0.1) is 5.41 Å². The highest BCUT2D eigenvalue weighted by molar-refractivity contribution is 7.80. The molecule has 0 fully saturated rings. The van der Waals surface area contributed by atoms with Crippen LogP contribution in [0.3, 0.4) is 0 Å². The summed E-state index contributed by atoms with van der Waals surface area (Å²) in [6.45, 7) is 6.37. The first-order valence-corrected chi connectivity index (χ1v) is 4.87. The van der Waals surface area contributed by atoms with Crippen LogP contribution in [0.5, 0.6) is 0 Å². The zero-order valence-electron chi connectivity index (χ0n) is 8.52. The van der Waals surface area contributed by atoms with E-state index < -0.39 is 0 Å². The summed E-state index contributed by atoms with van der Waals surface area (Å²) in [5.74, 6) is 0.0613. The van der Waals surface area contributed by atoms with Gasteiger partial charge in [0.05, 0.1) is 4.99 Å². The second-order valence-electron chi connectivity index (χ2n) is 3.71. The van der Waals surface area contributed by atoms with Gasteiger partial charge in [-0.25, -0.2) is 0 Å². The lowest BCUT2D eigenvalue weighted by atomic mass is 9.89. The average Bonchev–Trinajstić information content (AvgIpc) is 2.03. The third-order valence-corrected chi connectivity index (χ3v) is 2.36. The number of nitrogens with one attached hydrogen (secondary N) is 1.